The smallest absolute Gasteiger partial charge is 0.223 e. The lowest BCUT2D eigenvalue weighted by Gasteiger charge is -2.34. The largest absolute Gasteiger partial charge is 0.378 e. The average Bonchev–Trinajstić information content (AvgIpc) is 3.43. The molecule has 5 rings (SSSR count). The molecule has 0 amide bonds. The van der Waals surface area contributed by atoms with Crippen molar-refractivity contribution in [3.8, 4) is 0 Å². The zero-order valence-corrected chi connectivity index (χ0v) is 16.3. The SMILES string of the molecule is Nc1nc(N2CCOCC2)cc(N2CCC[C@H](c3nccn3CC3CC3)C2)n1. The van der Waals surface area contributed by atoms with Crippen LogP contribution in [0.15, 0.2) is 18.5 Å². The first kappa shape index (κ1) is 17.7. The molecule has 8 nitrogen and oxygen atoms in total. The van der Waals surface area contributed by atoms with Crippen molar-refractivity contribution in [2.24, 2.45) is 5.92 Å². The molecule has 8 heteroatoms. The second-order valence-electron chi connectivity index (χ2n) is 8.21. The van der Waals surface area contributed by atoms with E-state index >= 15 is 0 Å². The van der Waals surface area contributed by atoms with E-state index in [4.69, 9.17) is 15.5 Å². The molecule has 1 atom stereocenters. The quantitative estimate of drug-likeness (QED) is 0.844. The Bertz CT molecular complexity index is 813. The van der Waals surface area contributed by atoms with Gasteiger partial charge in [-0.25, -0.2) is 4.98 Å². The number of morpholine rings is 1. The number of rotatable bonds is 5. The van der Waals surface area contributed by atoms with Gasteiger partial charge in [-0.05, 0) is 31.6 Å². The molecule has 150 valence electrons. The Morgan fingerprint density at radius 3 is 2.61 bits per heavy atom. The van der Waals surface area contributed by atoms with E-state index in [0.717, 1.165) is 69.9 Å². The summed E-state index contributed by atoms with van der Waals surface area (Å²) < 4.78 is 7.83. The molecule has 0 bridgehead atoms. The lowest BCUT2D eigenvalue weighted by atomic mass is 9.97. The van der Waals surface area contributed by atoms with E-state index in [9.17, 15) is 0 Å². The maximum absolute atomic E-state index is 6.06. The Morgan fingerprint density at radius 1 is 1.04 bits per heavy atom. The lowest BCUT2D eigenvalue weighted by Crippen LogP contribution is -2.38. The molecule has 3 fully saturated rings. The third-order valence-electron chi connectivity index (χ3n) is 6.06. The molecule has 2 N–H and O–H groups in total. The molecule has 0 radical (unpaired) electrons. The highest BCUT2D eigenvalue weighted by Gasteiger charge is 2.29. The van der Waals surface area contributed by atoms with E-state index in [-0.39, 0.29) is 0 Å². The van der Waals surface area contributed by atoms with Crippen molar-refractivity contribution >= 4 is 17.6 Å². The number of piperidine rings is 1. The van der Waals surface area contributed by atoms with Gasteiger partial charge in [0.15, 0.2) is 0 Å². The van der Waals surface area contributed by atoms with Crippen molar-refractivity contribution in [3.05, 3.63) is 24.3 Å². The number of hydrogen-bond acceptors (Lipinski definition) is 7. The number of nitrogens with zero attached hydrogens (tertiary/aromatic N) is 6. The van der Waals surface area contributed by atoms with Gasteiger partial charge in [-0.3, -0.25) is 0 Å². The molecule has 4 heterocycles. The molecule has 2 aromatic heterocycles. The van der Waals surface area contributed by atoms with Gasteiger partial charge in [-0.15, -0.1) is 0 Å². The zero-order chi connectivity index (χ0) is 18.9. The number of nitrogens with two attached hydrogens (primary N) is 1. The molecule has 2 aromatic rings. The van der Waals surface area contributed by atoms with Crippen molar-refractivity contribution in [1.29, 1.82) is 0 Å². The summed E-state index contributed by atoms with van der Waals surface area (Å²) in [5.74, 6) is 4.70. The highest BCUT2D eigenvalue weighted by molar-refractivity contribution is 5.54. The van der Waals surface area contributed by atoms with Crippen LogP contribution in [0.25, 0.3) is 0 Å². The number of aromatic nitrogens is 4. The van der Waals surface area contributed by atoms with Crippen molar-refractivity contribution in [1.82, 2.24) is 19.5 Å². The molecule has 2 aliphatic heterocycles. The molecule has 28 heavy (non-hydrogen) atoms. The Labute approximate surface area is 165 Å². The first-order valence-corrected chi connectivity index (χ1v) is 10.5. The van der Waals surface area contributed by atoms with Crippen LogP contribution in [-0.2, 0) is 11.3 Å². The van der Waals surface area contributed by atoms with Gasteiger partial charge in [-0.2, -0.15) is 9.97 Å². The van der Waals surface area contributed by atoms with Gasteiger partial charge >= 0.3 is 0 Å². The number of anilines is 3. The predicted octanol–water partition coefficient (Wildman–Crippen LogP) is 1.89. The molecule has 2 saturated heterocycles. The van der Waals surface area contributed by atoms with Gasteiger partial charge in [0.2, 0.25) is 5.95 Å². The van der Waals surface area contributed by atoms with E-state index in [0.29, 0.717) is 11.9 Å². The van der Waals surface area contributed by atoms with E-state index in [2.05, 4.69) is 36.6 Å². The Balaban J connectivity index is 1.35. The topological polar surface area (TPSA) is 85.3 Å². The molecule has 1 aliphatic carbocycles. The minimum atomic E-state index is 0.344. The molecule has 0 unspecified atom stereocenters. The first-order chi connectivity index (χ1) is 13.8. The number of ether oxygens (including phenoxy) is 1. The second-order valence-corrected chi connectivity index (χ2v) is 8.21. The Morgan fingerprint density at radius 2 is 1.82 bits per heavy atom. The summed E-state index contributed by atoms with van der Waals surface area (Å²) in [5.41, 5.74) is 6.06. The van der Waals surface area contributed by atoms with Crippen LogP contribution in [0.2, 0.25) is 0 Å². The van der Waals surface area contributed by atoms with E-state index in [1.165, 1.54) is 25.1 Å². The van der Waals surface area contributed by atoms with Crippen molar-refractivity contribution in [2.75, 3.05) is 54.9 Å². The van der Waals surface area contributed by atoms with Crippen LogP contribution in [0.4, 0.5) is 17.6 Å². The zero-order valence-electron chi connectivity index (χ0n) is 16.3. The monoisotopic (exact) mass is 383 g/mol. The van der Waals surface area contributed by atoms with Crippen LogP contribution in [-0.4, -0.2) is 58.9 Å². The van der Waals surface area contributed by atoms with Crippen LogP contribution >= 0.6 is 0 Å². The van der Waals surface area contributed by atoms with Gasteiger partial charge in [0, 0.05) is 57.1 Å². The maximum atomic E-state index is 6.06. The highest BCUT2D eigenvalue weighted by Crippen LogP contribution is 2.34. The van der Waals surface area contributed by atoms with E-state index < -0.39 is 0 Å². The van der Waals surface area contributed by atoms with Crippen LogP contribution in [0, 0.1) is 5.92 Å². The average molecular weight is 384 g/mol. The summed E-state index contributed by atoms with van der Waals surface area (Å²) in [6.45, 7) is 6.20. The van der Waals surface area contributed by atoms with Gasteiger partial charge in [-0.1, -0.05) is 0 Å². The number of imidazole rings is 1. The molecule has 1 saturated carbocycles. The van der Waals surface area contributed by atoms with Crippen LogP contribution < -0.4 is 15.5 Å². The standard InChI is InChI=1S/C20H29N7O/c21-20-23-17(25-8-10-28-11-9-25)12-18(24-20)26-6-1-2-16(14-26)19-22-5-7-27(19)13-15-3-4-15/h5,7,12,15-16H,1-4,6,8-11,13-14H2,(H2,21,23,24)/t16-/m0/s1. The molecule has 3 aliphatic rings. The lowest BCUT2D eigenvalue weighted by molar-refractivity contribution is 0.122. The van der Waals surface area contributed by atoms with Crippen LogP contribution in [0.1, 0.15) is 37.4 Å². The highest BCUT2D eigenvalue weighted by atomic mass is 16.5. The van der Waals surface area contributed by atoms with Gasteiger partial charge in [0.1, 0.15) is 17.5 Å². The first-order valence-electron chi connectivity index (χ1n) is 10.5. The van der Waals surface area contributed by atoms with Gasteiger partial charge in [0.25, 0.3) is 0 Å². The minimum Gasteiger partial charge on any atom is -0.378 e. The van der Waals surface area contributed by atoms with E-state index in [1.54, 1.807) is 0 Å². The van der Waals surface area contributed by atoms with E-state index in [1.807, 2.05) is 6.20 Å². The number of hydrogen-bond donors (Lipinski definition) is 1. The summed E-state index contributed by atoms with van der Waals surface area (Å²) in [5, 5.41) is 0. The van der Waals surface area contributed by atoms with Gasteiger partial charge < -0.3 is 24.8 Å². The summed E-state index contributed by atoms with van der Waals surface area (Å²) in [6, 6.07) is 2.08. The summed E-state index contributed by atoms with van der Waals surface area (Å²) in [6.07, 6.45) is 9.13. The Kier molecular flexibility index (Phi) is 4.80. The van der Waals surface area contributed by atoms with Crippen LogP contribution in [0.5, 0.6) is 0 Å². The van der Waals surface area contributed by atoms with Crippen LogP contribution in [0.3, 0.4) is 0 Å². The molecular weight excluding hydrogens is 354 g/mol. The fourth-order valence-corrected chi connectivity index (χ4v) is 4.37. The minimum absolute atomic E-state index is 0.344. The second kappa shape index (κ2) is 7.58. The maximum Gasteiger partial charge on any atom is 0.223 e. The molecule has 0 spiro atoms. The predicted molar refractivity (Wildman–Crippen MR) is 109 cm³/mol. The van der Waals surface area contributed by atoms with Crippen molar-refractivity contribution < 1.29 is 4.74 Å². The normalized spacial score (nSPS) is 23.2. The third kappa shape index (κ3) is 3.78. The third-order valence-corrected chi connectivity index (χ3v) is 6.06. The van der Waals surface area contributed by atoms with Crippen molar-refractivity contribution in [3.63, 3.8) is 0 Å². The number of nitrogen functional groups attached to an aromatic ring is 1. The fraction of sp³-hybridized carbons (Fsp3) is 0.650. The Hall–Kier alpha value is -2.35. The summed E-state index contributed by atoms with van der Waals surface area (Å²) in [4.78, 5) is 18.3. The van der Waals surface area contributed by atoms with Crippen molar-refractivity contribution in [2.45, 2.75) is 38.1 Å². The summed E-state index contributed by atoms with van der Waals surface area (Å²) >= 11 is 0. The molecular formula is C20H29N7O. The molecule has 0 aromatic carbocycles. The van der Waals surface area contributed by atoms with Gasteiger partial charge in [0.05, 0.1) is 13.2 Å². The fourth-order valence-electron chi connectivity index (χ4n) is 4.37. The summed E-state index contributed by atoms with van der Waals surface area (Å²) in [7, 11) is 0.